The number of halogens is 8. The molecule has 0 spiro atoms. The Balaban J connectivity index is 1.64. The van der Waals surface area contributed by atoms with Gasteiger partial charge in [0.1, 0.15) is 0 Å². The van der Waals surface area contributed by atoms with Crippen molar-refractivity contribution in [2.75, 3.05) is 0 Å². The normalized spacial score (nSPS) is 15.0. The molecule has 6 aromatic carbocycles. The van der Waals surface area contributed by atoms with E-state index in [2.05, 4.69) is 65.8 Å². The van der Waals surface area contributed by atoms with Gasteiger partial charge in [-0.05, 0) is 0 Å². The third-order valence-electron chi connectivity index (χ3n) is 12.4. The van der Waals surface area contributed by atoms with Crippen LogP contribution < -0.4 is 0 Å². The first-order chi connectivity index (χ1) is 29.0. The summed E-state index contributed by atoms with van der Waals surface area (Å²) < 4.78 is 86.7. The summed E-state index contributed by atoms with van der Waals surface area (Å²) in [6.07, 6.45) is -2.15. The van der Waals surface area contributed by atoms with E-state index in [9.17, 15) is 26.3 Å². The monoisotopic (exact) mass is 1050 g/mol. The van der Waals surface area contributed by atoms with E-state index >= 15 is 0 Å². The molecule has 2 aliphatic carbocycles. The molecule has 0 N–H and O–H groups in total. The van der Waals surface area contributed by atoms with Gasteiger partial charge in [-0.15, -0.1) is 0 Å². The summed E-state index contributed by atoms with van der Waals surface area (Å²) in [6.45, 7) is 12.9. The Labute approximate surface area is 367 Å². The van der Waals surface area contributed by atoms with Crippen LogP contribution in [0.4, 0.5) is 26.3 Å². The molecule has 2 aliphatic rings. The molecule has 0 saturated heterocycles. The van der Waals surface area contributed by atoms with Crippen LogP contribution in [0.15, 0.2) is 158 Å². The molecule has 0 fully saturated rings. The summed E-state index contributed by atoms with van der Waals surface area (Å²) in [4.78, 5) is 0. The Kier molecular flexibility index (Phi) is 11.0. The zero-order valence-electron chi connectivity index (χ0n) is 35.2. The number of allylic oxidation sites excluding steroid dienone is 4. The van der Waals surface area contributed by atoms with E-state index in [1.54, 1.807) is 0 Å². The van der Waals surface area contributed by atoms with Crippen LogP contribution in [0.5, 0.6) is 0 Å². The van der Waals surface area contributed by atoms with Crippen LogP contribution >= 0.6 is 17.2 Å². The Morgan fingerprint density at radius 2 is 0.855 bits per heavy atom. The molecule has 0 amide bonds. The molecule has 0 unspecified atom stereocenters. The van der Waals surface area contributed by atoms with Crippen molar-refractivity contribution in [1.29, 1.82) is 0 Å². The molecule has 6 aromatic rings. The number of fused-ring (bicyclic) bond motifs is 3. The first-order valence-electron chi connectivity index (χ1n) is 20.6. The quantitative estimate of drug-likeness (QED) is 0.115. The van der Waals surface area contributed by atoms with Gasteiger partial charge in [-0.25, -0.2) is 0 Å². The van der Waals surface area contributed by atoms with Crippen molar-refractivity contribution in [3.8, 4) is 33.4 Å². The molecular weight excluding hydrogens is 1000 g/mol. The fraction of sp³-hybridized carbons (Fsp3) is 0.226. The summed E-state index contributed by atoms with van der Waals surface area (Å²) in [7, 11) is 17.5. The van der Waals surface area contributed by atoms with E-state index in [4.69, 9.17) is 17.2 Å². The Hall–Kier alpha value is -4.30. The van der Waals surface area contributed by atoms with Gasteiger partial charge in [0.25, 0.3) is 0 Å². The van der Waals surface area contributed by atoms with Crippen LogP contribution in [0, 0.1) is 0 Å². The first-order valence-corrected chi connectivity index (χ1v) is 35.5. The average Bonchev–Trinajstić information content (AvgIpc) is 3.88. The minimum absolute atomic E-state index is 0.0346. The molecule has 0 bridgehead atoms. The Morgan fingerprint density at radius 1 is 0.468 bits per heavy atom. The zero-order chi connectivity index (χ0) is 44.6. The van der Waals surface area contributed by atoms with E-state index in [0.717, 1.165) is 79.9 Å². The van der Waals surface area contributed by atoms with Crippen LogP contribution in [-0.2, 0) is 38.8 Å². The standard InChI is InChI=1S/C33H33.C15H8F6.C5H5.2ClH.Hf/c1-32(2,3)30-20-26-24(18-28(30)22-13-9-7-10-14-22)17-25-19-29(23-15-11-8-12-16-23)31(21-27(25)26)33(4,5)6;16-14(17,18)12-5-1-3-10(8-12)7-11-4-2-6-13(9-11)15(19,20)21;1-2-4-5-3-1;;;/h7-21H,1-6H3;1-6,8-9H;1-5H;2*1H;/q;;;;;+2/p-2. The molecule has 0 aromatic heterocycles. The van der Waals surface area contributed by atoms with Crippen LogP contribution in [0.25, 0.3) is 33.4 Å². The third kappa shape index (κ3) is 7.74. The molecule has 62 heavy (non-hydrogen) atoms. The second kappa shape index (κ2) is 15.5. The van der Waals surface area contributed by atoms with Crippen molar-refractivity contribution in [3.63, 3.8) is 0 Å². The van der Waals surface area contributed by atoms with Crippen LogP contribution in [-0.4, -0.2) is 3.26 Å². The topological polar surface area (TPSA) is 0 Å². The van der Waals surface area contributed by atoms with Gasteiger partial charge < -0.3 is 0 Å². The molecule has 0 saturated carbocycles. The van der Waals surface area contributed by atoms with Gasteiger partial charge in [0.15, 0.2) is 0 Å². The van der Waals surface area contributed by atoms with Gasteiger partial charge in [0, 0.05) is 0 Å². The maximum atomic E-state index is 14.7. The fourth-order valence-corrected chi connectivity index (χ4v) is 37.2. The molecule has 9 heteroatoms. The molecule has 0 atom stereocenters. The second-order valence-corrected chi connectivity index (χ2v) is 48.1. The molecule has 0 radical (unpaired) electrons. The van der Waals surface area contributed by atoms with Crippen molar-refractivity contribution in [3.05, 3.63) is 202 Å². The van der Waals surface area contributed by atoms with Crippen molar-refractivity contribution in [2.24, 2.45) is 0 Å². The summed E-state index contributed by atoms with van der Waals surface area (Å²) in [5.74, 6) is 0. The first kappa shape index (κ1) is 44.3. The van der Waals surface area contributed by atoms with Gasteiger partial charge in [0.05, 0.1) is 0 Å². The van der Waals surface area contributed by atoms with E-state index in [-0.39, 0.29) is 25.2 Å². The van der Waals surface area contributed by atoms with E-state index in [0.29, 0.717) is 0 Å². The van der Waals surface area contributed by atoms with Crippen LogP contribution in [0.2, 0.25) is 3.67 Å². The van der Waals surface area contributed by atoms with Crippen LogP contribution in [0.3, 0.4) is 0 Å². The zero-order valence-corrected chi connectivity index (χ0v) is 40.3. The van der Waals surface area contributed by atoms with E-state index < -0.39 is 46.5 Å². The van der Waals surface area contributed by atoms with E-state index in [1.807, 2.05) is 85.0 Å². The van der Waals surface area contributed by atoms with Gasteiger partial charge >= 0.3 is 370 Å². The fourth-order valence-electron chi connectivity index (χ4n) is 9.58. The molecule has 0 heterocycles. The summed E-state index contributed by atoms with van der Waals surface area (Å²) >= 11 is -6.74. The number of rotatable bonds is 6. The number of hydrogen-bond acceptors (Lipinski definition) is 0. The average molecular weight is 1050 g/mol. The maximum absolute atomic E-state index is 14.7. The van der Waals surface area contributed by atoms with Gasteiger partial charge in [-0.3, -0.25) is 0 Å². The van der Waals surface area contributed by atoms with Crippen molar-refractivity contribution < 1.29 is 42.0 Å². The van der Waals surface area contributed by atoms with Crippen molar-refractivity contribution in [1.82, 2.24) is 0 Å². The minimum atomic E-state index is -6.74. The SMILES string of the molecule is CC(C)(C)c1cc2c(cc1-c1ccccc1)[CH]([Hf]([Cl])([Cl])(=[C](c1cccc(C(F)(F)F)c1)c1cccc(C(F)(F)F)c1)[CH]1C=CC=C1)c1cc(-c3ccccc3)c(C(C)(C)C)cc1-2. The summed E-state index contributed by atoms with van der Waals surface area (Å²) in [5, 5.41) is 0. The molecule has 8 rings (SSSR count). The van der Waals surface area contributed by atoms with Gasteiger partial charge in [-0.1, -0.05) is 0 Å². The molecule has 0 aliphatic heterocycles. The van der Waals surface area contributed by atoms with E-state index in [1.165, 1.54) is 24.3 Å². The summed E-state index contributed by atoms with van der Waals surface area (Å²) in [6, 6.07) is 38.1. The predicted octanol–water partition coefficient (Wildman–Crippen LogP) is 16.9. The van der Waals surface area contributed by atoms with Gasteiger partial charge in [-0.2, -0.15) is 0 Å². The number of benzene rings is 6. The van der Waals surface area contributed by atoms with Crippen molar-refractivity contribution >= 4 is 20.4 Å². The number of hydrogen-bond donors (Lipinski definition) is 0. The molecule has 0 nitrogen and oxygen atoms in total. The molecule has 318 valence electrons. The Bertz CT molecular complexity index is 2670. The molecular formula is C53H46Cl2F6Hf. The summed E-state index contributed by atoms with van der Waals surface area (Å²) in [5.41, 5.74) is 6.76. The van der Waals surface area contributed by atoms with Crippen molar-refractivity contribution in [2.45, 2.75) is 72.1 Å². The Morgan fingerprint density at radius 3 is 1.21 bits per heavy atom. The van der Waals surface area contributed by atoms with Gasteiger partial charge in [0.2, 0.25) is 0 Å². The number of alkyl halides is 6. The third-order valence-corrected chi connectivity index (χ3v) is 40.5. The predicted molar refractivity (Wildman–Crippen MR) is 242 cm³/mol. The van der Waals surface area contributed by atoms with Crippen LogP contribution in [0.1, 0.15) is 89.7 Å². The second-order valence-electron chi connectivity index (χ2n) is 18.6.